The Morgan fingerprint density at radius 1 is 0.634 bits per heavy atom. The number of unbranched alkanes of at least 4 members (excludes halogenated alkanes) is 5. The second kappa shape index (κ2) is 16.8. The van der Waals surface area contributed by atoms with Gasteiger partial charge in [-0.2, -0.15) is 0 Å². The summed E-state index contributed by atoms with van der Waals surface area (Å²) in [5, 5.41) is 0. The molecular weight excluding hydrogens is 532 g/mol. The summed E-state index contributed by atoms with van der Waals surface area (Å²) in [5.41, 5.74) is -1.60. The number of hydrogen-bond acceptors (Lipinski definition) is 10. The van der Waals surface area contributed by atoms with Gasteiger partial charge in [-0.15, -0.1) is 0 Å². The van der Waals surface area contributed by atoms with Crippen LogP contribution >= 0.6 is 0 Å². The number of rotatable bonds is 16. The largest absolute Gasteiger partial charge is 0.465 e. The van der Waals surface area contributed by atoms with Crippen LogP contribution in [0.4, 0.5) is 0 Å². The number of hydrogen-bond donors (Lipinski definition) is 0. The normalized spacial score (nSPS) is 10.8. The van der Waals surface area contributed by atoms with E-state index in [2.05, 4.69) is 6.92 Å². The van der Waals surface area contributed by atoms with Gasteiger partial charge >= 0.3 is 29.8 Å². The van der Waals surface area contributed by atoms with Crippen LogP contribution < -0.4 is 9.47 Å². The molecule has 41 heavy (non-hydrogen) atoms. The molecular formula is C31H38O10. The van der Waals surface area contributed by atoms with Crippen LogP contribution in [0.15, 0.2) is 48.5 Å². The van der Waals surface area contributed by atoms with Gasteiger partial charge in [-0.1, -0.05) is 63.3 Å². The van der Waals surface area contributed by atoms with Gasteiger partial charge in [0, 0.05) is 13.8 Å². The summed E-state index contributed by atoms with van der Waals surface area (Å²) in [6, 6.07) is 12.0. The Morgan fingerprint density at radius 3 is 1.54 bits per heavy atom. The SMILES string of the molecule is CCCCCCCCOC(=O)C(C)(COC(=O)c1ccccc1OC(C)=O)COC(=O)c1ccccc1OC(C)=O. The van der Waals surface area contributed by atoms with Crippen LogP contribution in [0.1, 0.15) is 86.9 Å². The highest BCUT2D eigenvalue weighted by atomic mass is 16.6. The van der Waals surface area contributed by atoms with Gasteiger partial charge < -0.3 is 23.7 Å². The minimum atomic E-state index is -1.57. The molecule has 0 N–H and O–H groups in total. The predicted octanol–water partition coefficient (Wildman–Crippen LogP) is 5.46. The van der Waals surface area contributed by atoms with Crippen molar-refractivity contribution in [2.45, 2.75) is 66.2 Å². The lowest BCUT2D eigenvalue weighted by molar-refractivity contribution is -0.160. The maximum absolute atomic E-state index is 13.2. The van der Waals surface area contributed by atoms with E-state index in [0.717, 1.165) is 32.1 Å². The first kappa shape index (κ1) is 33.0. The molecule has 0 aliphatic heterocycles. The van der Waals surface area contributed by atoms with Crippen LogP contribution in [0.25, 0.3) is 0 Å². The van der Waals surface area contributed by atoms with Crippen molar-refractivity contribution in [3.05, 3.63) is 59.7 Å². The highest BCUT2D eigenvalue weighted by Crippen LogP contribution is 2.26. The molecule has 10 nitrogen and oxygen atoms in total. The van der Waals surface area contributed by atoms with E-state index < -0.39 is 48.5 Å². The van der Waals surface area contributed by atoms with Gasteiger partial charge in [-0.05, 0) is 37.6 Å². The van der Waals surface area contributed by atoms with Crippen molar-refractivity contribution in [2.75, 3.05) is 19.8 Å². The molecule has 0 radical (unpaired) electrons. The van der Waals surface area contributed by atoms with Gasteiger partial charge in [0.1, 0.15) is 41.3 Å². The summed E-state index contributed by atoms with van der Waals surface area (Å²) >= 11 is 0. The molecule has 10 heteroatoms. The average Bonchev–Trinajstić information content (AvgIpc) is 2.94. The average molecular weight is 571 g/mol. The van der Waals surface area contributed by atoms with Crippen LogP contribution in [0, 0.1) is 5.41 Å². The molecule has 2 rings (SSSR count). The highest BCUT2D eigenvalue weighted by molar-refractivity contribution is 5.94. The number of para-hydroxylation sites is 2. The second-order valence-corrected chi connectivity index (χ2v) is 9.80. The molecule has 0 aliphatic rings. The maximum Gasteiger partial charge on any atom is 0.341 e. The Hall–Kier alpha value is -4.21. The molecule has 0 spiro atoms. The van der Waals surface area contributed by atoms with Gasteiger partial charge in [0.25, 0.3) is 0 Å². The van der Waals surface area contributed by atoms with Crippen molar-refractivity contribution < 1.29 is 47.7 Å². The molecule has 2 aromatic rings. The van der Waals surface area contributed by atoms with Gasteiger partial charge in [-0.3, -0.25) is 14.4 Å². The molecule has 0 saturated carbocycles. The molecule has 0 fully saturated rings. The molecule has 0 unspecified atom stereocenters. The zero-order valence-corrected chi connectivity index (χ0v) is 24.1. The minimum absolute atomic E-state index is 0.00542. The molecule has 0 amide bonds. The summed E-state index contributed by atoms with van der Waals surface area (Å²) in [6.45, 7) is 5.16. The number of esters is 5. The van der Waals surface area contributed by atoms with Gasteiger partial charge in [0.05, 0.1) is 6.61 Å². The molecule has 0 atom stereocenters. The summed E-state index contributed by atoms with van der Waals surface area (Å²) in [7, 11) is 0. The summed E-state index contributed by atoms with van der Waals surface area (Å²) in [5.74, 6) is -3.62. The topological polar surface area (TPSA) is 132 Å². The number of ether oxygens (including phenoxy) is 5. The molecule has 2 aromatic carbocycles. The van der Waals surface area contributed by atoms with E-state index in [1.165, 1.54) is 45.0 Å². The van der Waals surface area contributed by atoms with Crippen molar-refractivity contribution >= 4 is 29.8 Å². The van der Waals surface area contributed by atoms with E-state index in [-0.39, 0.29) is 29.2 Å². The third-order valence-corrected chi connectivity index (χ3v) is 5.99. The smallest absolute Gasteiger partial charge is 0.341 e. The third kappa shape index (κ3) is 11.1. The summed E-state index contributed by atoms with van der Waals surface area (Å²) in [4.78, 5) is 61.8. The summed E-state index contributed by atoms with van der Waals surface area (Å²) in [6.07, 6.45) is 5.97. The lowest BCUT2D eigenvalue weighted by Crippen LogP contribution is -2.40. The van der Waals surface area contributed by atoms with Crippen LogP contribution in [0.2, 0.25) is 0 Å². The fraction of sp³-hybridized carbons (Fsp3) is 0.452. The first-order valence-corrected chi connectivity index (χ1v) is 13.6. The van der Waals surface area contributed by atoms with Crippen molar-refractivity contribution in [1.82, 2.24) is 0 Å². The Kier molecular flexibility index (Phi) is 13.5. The number of carbonyl (C=O) groups is 5. The van der Waals surface area contributed by atoms with E-state index >= 15 is 0 Å². The minimum Gasteiger partial charge on any atom is -0.465 e. The van der Waals surface area contributed by atoms with Crippen LogP contribution in [-0.2, 0) is 28.6 Å². The predicted molar refractivity (Wildman–Crippen MR) is 149 cm³/mol. The number of benzene rings is 2. The zero-order chi connectivity index (χ0) is 30.3. The third-order valence-electron chi connectivity index (χ3n) is 5.99. The van der Waals surface area contributed by atoms with Gasteiger partial charge in [0.2, 0.25) is 0 Å². The Balaban J connectivity index is 2.15. The van der Waals surface area contributed by atoms with Gasteiger partial charge in [0.15, 0.2) is 0 Å². The van der Waals surface area contributed by atoms with E-state index in [1.54, 1.807) is 24.3 Å². The summed E-state index contributed by atoms with van der Waals surface area (Å²) < 4.78 is 26.5. The monoisotopic (exact) mass is 570 g/mol. The lowest BCUT2D eigenvalue weighted by atomic mass is 9.93. The van der Waals surface area contributed by atoms with Crippen LogP contribution in [0.3, 0.4) is 0 Å². The quantitative estimate of drug-likeness (QED) is 0.111. The molecule has 0 saturated heterocycles. The molecule has 0 aromatic heterocycles. The fourth-order valence-electron chi connectivity index (χ4n) is 3.74. The fourth-order valence-corrected chi connectivity index (χ4v) is 3.74. The van der Waals surface area contributed by atoms with Crippen LogP contribution in [0.5, 0.6) is 11.5 Å². The first-order valence-electron chi connectivity index (χ1n) is 13.6. The van der Waals surface area contributed by atoms with Crippen molar-refractivity contribution in [1.29, 1.82) is 0 Å². The Labute approximate surface area is 240 Å². The second-order valence-electron chi connectivity index (χ2n) is 9.80. The Bertz CT molecular complexity index is 1130. The van der Waals surface area contributed by atoms with Crippen molar-refractivity contribution in [3.8, 4) is 11.5 Å². The first-order chi connectivity index (χ1) is 19.6. The van der Waals surface area contributed by atoms with Crippen molar-refractivity contribution in [2.24, 2.45) is 5.41 Å². The van der Waals surface area contributed by atoms with E-state index in [9.17, 15) is 24.0 Å². The van der Waals surface area contributed by atoms with Crippen LogP contribution in [-0.4, -0.2) is 49.7 Å². The molecule has 0 heterocycles. The lowest BCUT2D eigenvalue weighted by Gasteiger charge is -2.26. The number of carbonyl (C=O) groups excluding carboxylic acids is 5. The van der Waals surface area contributed by atoms with Gasteiger partial charge in [-0.25, -0.2) is 9.59 Å². The standard InChI is InChI=1S/C31H38O10/c1-5-6-7-8-9-14-19-37-30(36)31(4,20-38-28(34)24-15-10-12-17-26(24)40-22(2)32)21-39-29(35)25-16-11-13-18-27(25)41-23(3)33/h10-13,15-18H,5-9,14,19-21H2,1-4H3. The highest BCUT2D eigenvalue weighted by Gasteiger charge is 2.39. The van der Waals surface area contributed by atoms with E-state index in [4.69, 9.17) is 23.7 Å². The molecule has 0 bridgehead atoms. The zero-order valence-electron chi connectivity index (χ0n) is 24.1. The maximum atomic E-state index is 13.2. The van der Waals surface area contributed by atoms with E-state index in [1.807, 2.05) is 0 Å². The Morgan fingerprint density at radius 2 is 1.07 bits per heavy atom. The van der Waals surface area contributed by atoms with E-state index in [0.29, 0.717) is 6.42 Å². The van der Waals surface area contributed by atoms with Crippen molar-refractivity contribution in [3.63, 3.8) is 0 Å². The molecule has 0 aliphatic carbocycles. The molecule has 222 valence electrons.